The average molecular weight is 179 g/mol. The highest BCUT2D eigenvalue weighted by Gasteiger charge is 2.15. The molecule has 68 valence electrons. The zero-order chi connectivity index (χ0) is 9.68. The van der Waals surface area contributed by atoms with Gasteiger partial charge in [-0.05, 0) is 6.42 Å². The summed E-state index contributed by atoms with van der Waals surface area (Å²) in [6.07, 6.45) is 3.00. The highest BCUT2D eigenvalue weighted by Crippen LogP contribution is 2.04. The zero-order valence-electron chi connectivity index (χ0n) is 7.04. The number of nitrogens with one attached hydrogen (secondary N) is 1. The van der Waals surface area contributed by atoms with Gasteiger partial charge in [0.25, 0.3) is 0 Å². The fourth-order valence-corrected chi connectivity index (χ4v) is 1.13. The highest BCUT2D eigenvalue weighted by atomic mass is 16.2. The first-order valence-electron chi connectivity index (χ1n) is 3.99. The van der Waals surface area contributed by atoms with Crippen molar-refractivity contribution < 1.29 is 9.59 Å². The van der Waals surface area contributed by atoms with Gasteiger partial charge in [0.15, 0.2) is 0 Å². The third-order valence-electron chi connectivity index (χ3n) is 1.70. The number of amides is 1. The molecule has 1 aliphatic rings. The molecule has 0 aromatic heterocycles. The number of ketones is 1. The molecule has 0 unspecified atom stereocenters. The number of hydrogen-bond donors (Lipinski definition) is 1. The number of rotatable bonds is 0. The number of nitriles is 1. The molecule has 5 nitrogen and oxygen atoms in total. The van der Waals surface area contributed by atoms with Gasteiger partial charge in [-0.2, -0.15) is 10.3 Å². The van der Waals surface area contributed by atoms with Gasteiger partial charge in [0.2, 0.25) is 12.1 Å². The van der Waals surface area contributed by atoms with E-state index in [9.17, 15) is 9.59 Å². The molecule has 1 fully saturated rings. The van der Waals surface area contributed by atoms with Crippen LogP contribution in [0.3, 0.4) is 0 Å². The molecule has 1 saturated heterocycles. The van der Waals surface area contributed by atoms with Crippen LogP contribution in [0.4, 0.5) is 0 Å². The van der Waals surface area contributed by atoms with E-state index in [2.05, 4.69) is 10.3 Å². The Hall–Kier alpha value is -1.70. The van der Waals surface area contributed by atoms with Crippen LogP contribution in [0.2, 0.25) is 0 Å². The Morgan fingerprint density at radius 2 is 2.15 bits per heavy atom. The summed E-state index contributed by atoms with van der Waals surface area (Å²) in [6, 6.07) is 0. The van der Waals surface area contributed by atoms with Crippen LogP contribution in [0.5, 0.6) is 0 Å². The molecule has 0 aromatic rings. The van der Waals surface area contributed by atoms with Gasteiger partial charge in [-0.25, -0.2) is 0 Å². The van der Waals surface area contributed by atoms with Crippen molar-refractivity contribution in [1.29, 1.82) is 5.26 Å². The summed E-state index contributed by atoms with van der Waals surface area (Å²) >= 11 is 0. The molecule has 1 amide bonds. The summed E-state index contributed by atoms with van der Waals surface area (Å²) in [7, 11) is 0. The van der Waals surface area contributed by atoms with Crippen LogP contribution >= 0.6 is 0 Å². The molecule has 0 spiro atoms. The fourth-order valence-electron chi connectivity index (χ4n) is 1.13. The lowest BCUT2D eigenvalue weighted by Gasteiger charge is -2.09. The lowest BCUT2D eigenvalue weighted by Crippen LogP contribution is -2.33. The van der Waals surface area contributed by atoms with E-state index in [1.165, 1.54) is 0 Å². The predicted octanol–water partition coefficient (Wildman–Crippen LogP) is 0.125. The van der Waals surface area contributed by atoms with Crippen LogP contribution in [0.15, 0.2) is 4.99 Å². The van der Waals surface area contributed by atoms with E-state index in [4.69, 9.17) is 5.26 Å². The van der Waals surface area contributed by atoms with Crippen molar-refractivity contribution >= 4 is 17.5 Å². The summed E-state index contributed by atoms with van der Waals surface area (Å²) in [5.41, 5.74) is 0. The van der Waals surface area contributed by atoms with Gasteiger partial charge in [-0.15, -0.1) is 0 Å². The van der Waals surface area contributed by atoms with E-state index in [0.717, 1.165) is 0 Å². The van der Waals surface area contributed by atoms with Crippen molar-refractivity contribution in [3.05, 3.63) is 0 Å². The van der Waals surface area contributed by atoms with E-state index in [-0.39, 0.29) is 18.1 Å². The molecular weight excluding hydrogens is 170 g/mol. The largest absolute Gasteiger partial charge is 0.313 e. The van der Waals surface area contributed by atoms with Crippen LogP contribution < -0.4 is 5.32 Å². The first-order valence-corrected chi connectivity index (χ1v) is 3.99. The molecule has 0 aliphatic carbocycles. The Bertz CT molecular complexity index is 301. The second-order valence-electron chi connectivity index (χ2n) is 2.78. The monoisotopic (exact) mass is 179 g/mol. The minimum Gasteiger partial charge on any atom is -0.313 e. The minimum absolute atomic E-state index is 0.0616. The Morgan fingerprint density at radius 1 is 1.38 bits per heavy atom. The van der Waals surface area contributed by atoms with E-state index in [0.29, 0.717) is 25.1 Å². The Morgan fingerprint density at radius 3 is 2.85 bits per heavy atom. The molecular formula is C8H9N3O2. The number of Topliss-reactive ketones (excluding diaryl/α,β-unsaturated/α-hetero) is 1. The summed E-state index contributed by atoms with van der Waals surface area (Å²) in [4.78, 5) is 25.4. The van der Waals surface area contributed by atoms with Gasteiger partial charge in [-0.1, -0.05) is 0 Å². The zero-order valence-corrected chi connectivity index (χ0v) is 7.04. The molecule has 0 radical (unpaired) electrons. The van der Waals surface area contributed by atoms with Gasteiger partial charge >= 0.3 is 0 Å². The fraction of sp³-hybridized carbons (Fsp3) is 0.500. The van der Waals surface area contributed by atoms with E-state index in [1.54, 1.807) is 6.19 Å². The van der Waals surface area contributed by atoms with Gasteiger partial charge < -0.3 is 5.32 Å². The topological polar surface area (TPSA) is 82.3 Å². The molecule has 0 saturated carbocycles. The third kappa shape index (κ3) is 3.03. The maximum atomic E-state index is 11.0. The van der Waals surface area contributed by atoms with Gasteiger partial charge in [0.05, 0.1) is 6.42 Å². The van der Waals surface area contributed by atoms with E-state index < -0.39 is 0 Å². The number of hydrogen-bond acceptors (Lipinski definition) is 4. The molecule has 1 aliphatic heterocycles. The Balaban J connectivity index is 2.65. The minimum atomic E-state index is -0.376. The van der Waals surface area contributed by atoms with Crippen molar-refractivity contribution in [3.63, 3.8) is 0 Å². The lowest BCUT2D eigenvalue weighted by molar-refractivity contribution is -0.127. The van der Waals surface area contributed by atoms with Crippen LogP contribution in [0.25, 0.3) is 0 Å². The van der Waals surface area contributed by atoms with Crippen LogP contribution in [-0.2, 0) is 9.59 Å². The van der Waals surface area contributed by atoms with Crippen molar-refractivity contribution in [2.75, 3.05) is 0 Å². The van der Waals surface area contributed by atoms with E-state index in [1.807, 2.05) is 0 Å². The summed E-state index contributed by atoms with van der Waals surface area (Å²) in [6.45, 7) is 0. The van der Waals surface area contributed by atoms with Gasteiger partial charge in [-0.3, -0.25) is 9.59 Å². The van der Waals surface area contributed by atoms with Crippen molar-refractivity contribution in [1.82, 2.24) is 5.32 Å². The molecule has 0 aromatic carbocycles. The number of nitrogens with zero attached hydrogens (tertiary/aromatic N) is 2. The lowest BCUT2D eigenvalue weighted by atomic mass is 10.1. The van der Waals surface area contributed by atoms with E-state index >= 15 is 0 Å². The number of carbonyl (C=O) groups is 2. The van der Waals surface area contributed by atoms with Gasteiger partial charge in [0.1, 0.15) is 11.6 Å². The molecule has 0 atom stereocenters. The average Bonchev–Trinajstić information content (AvgIpc) is 2.01. The first-order chi connectivity index (χ1) is 6.22. The number of carbonyl (C=O) groups excluding carboxylic acids is 2. The first kappa shape index (κ1) is 9.39. The van der Waals surface area contributed by atoms with Crippen LogP contribution in [-0.4, -0.2) is 17.5 Å². The van der Waals surface area contributed by atoms with Gasteiger partial charge in [0, 0.05) is 12.8 Å². The van der Waals surface area contributed by atoms with Crippen molar-refractivity contribution in [2.24, 2.45) is 4.99 Å². The molecule has 1 rings (SSSR count). The Kier molecular flexibility index (Phi) is 3.15. The highest BCUT2D eigenvalue weighted by molar-refractivity contribution is 6.07. The standard InChI is InChI=1S/C8H9N3O2/c9-5-10-7-3-1-2-6(12)4-8(13)11-7/h1-4H2,(H,10,11,13). The molecule has 0 bridgehead atoms. The number of amidine groups is 1. The SMILES string of the molecule is N#CN=C1CCCC(=O)CC(=O)N1. The second kappa shape index (κ2) is 4.36. The van der Waals surface area contributed by atoms with Crippen molar-refractivity contribution in [2.45, 2.75) is 25.7 Å². The second-order valence-corrected chi connectivity index (χ2v) is 2.78. The quantitative estimate of drug-likeness (QED) is 0.423. The van der Waals surface area contributed by atoms with Crippen LogP contribution in [0.1, 0.15) is 25.7 Å². The third-order valence-corrected chi connectivity index (χ3v) is 1.70. The molecule has 1 N–H and O–H groups in total. The Labute approximate surface area is 75.4 Å². The summed E-state index contributed by atoms with van der Waals surface area (Å²) < 4.78 is 0. The van der Waals surface area contributed by atoms with Crippen LogP contribution in [0, 0.1) is 11.5 Å². The normalized spacial score (nSPS) is 21.6. The maximum absolute atomic E-state index is 11.0. The smallest absolute Gasteiger partial charge is 0.232 e. The summed E-state index contributed by atoms with van der Waals surface area (Å²) in [5, 5.41) is 10.7. The summed E-state index contributed by atoms with van der Waals surface area (Å²) in [5.74, 6) is -0.0767. The molecule has 5 heteroatoms. The van der Waals surface area contributed by atoms with Crippen molar-refractivity contribution in [3.8, 4) is 6.19 Å². The molecule has 1 heterocycles. The maximum Gasteiger partial charge on any atom is 0.232 e. The number of aliphatic imine (C=N–C) groups is 1. The predicted molar refractivity (Wildman–Crippen MR) is 44.7 cm³/mol. The molecule has 13 heavy (non-hydrogen) atoms.